The maximum Gasteiger partial charge on any atom is 0.113 e. The van der Waals surface area contributed by atoms with Gasteiger partial charge in [-0.15, -0.1) is 11.3 Å². The fraction of sp³-hybridized carbons (Fsp3) is 0.333. The van der Waals surface area contributed by atoms with Crippen LogP contribution in [0.25, 0.3) is 0 Å². The first kappa shape index (κ1) is 11.0. The molecule has 1 atom stereocenters. The minimum Gasteiger partial charge on any atom is -0.383 e. The van der Waals surface area contributed by atoms with E-state index in [9.17, 15) is 5.11 Å². The number of aliphatic hydroxyl groups excluding tert-OH is 1. The van der Waals surface area contributed by atoms with Gasteiger partial charge in [0.2, 0.25) is 0 Å². The third-order valence-electron chi connectivity index (χ3n) is 3.43. The summed E-state index contributed by atoms with van der Waals surface area (Å²) in [5.74, 6) is 0.742. The lowest BCUT2D eigenvalue weighted by molar-refractivity contribution is 0.223. The molecule has 0 saturated heterocycles. The summed E-state index contributed by atoms with van der Waals surface area (Å²) in [6, 6.07) is 10.5. The zero-order valence-corrected chi connectivity index (χ0v) is 10.7. The Kier molecular flexibility index (Phi) is 2.77. The molecule has 0 aliphatic heterocycles. The van der Waals surface area contributed by atoms with Gasteiger partial charge in [-0.3, -0.25) is 0 Å². The molecule has 0 amide bonds. The standard InChI is InChI=1S/C15H16OS/c1-10-7-8-17-15(10)14(16)13-4-2-3-12(9-13)11-5-6-11/h2-4,7-9,11,14,16H,5-6H2,1H3. The Morgan fingerprint density at radius 3 is 2.76 bits per heavy atom. The largest absolute Gasteiger partial charge is 0.383 e. The molecule has 1 saturated carbocycles. The summed E-state index contributed by atoms with van der Waals surface area (Å²) in [5.41, 5.74) is 3.59. The molecule has 0 bridgehead atoms. The van der Waals surface area contributed by atoms with Crippen LogP contribution in [0.1, 0.15) is 46.4 Å². The average molecular weight is 244 g/mol. The van der Waals surface area contributed by atoms with Crippen LogP contribution in [-0.2, 0) is 0 Å². The fourth-order valence-corrected chi connectivity index (χ4v) is 3.15. The van der Waals surface area contributed by atoms with E-state index in [0.717, 1.165) is 16.4 Å². The molecule has 0 spiro atoms. The van der Waals surface area contributed by atoms with Crippen LogP contribution in [0.3, 0.4) is 0 Å². The minimum atomic E-state index is -0.464. The normalized spacial score (nSPS) is 17.1. The smallest absolute Gasteiger partial charge is 0.113 e. The molecule has 17 heavy (non-hydrogen) atoms. The number of hydrogen-bond acceptors (Lipinski definition) is 2. The van der Waals surface area contributed by atoms with Crippen molar-refractivity contribution >= 4 is 11.3 Å². The molecule has 88 valence electrons. The molecule has 2 aromatic rings. The lowest BCUT2D eigenvalue weighted by atomic mass is 10.0. The van der Waals surface area contributed by atoms with Crippen molar-refractivity contribution in [3.63, 3.8) is 0 Å². The lowest BCUT2D eigenvalue weighted by Crippen LogP contribution is -1.99. The Morgan fingerprint density at radius 1 is 1.29 bits per heavy atom. The van der Waals surface area contributed by atoms with Crippen molar-refractivity contribution in [2.75, 3.05) is 0 Å². The topological polar surface area (TPSA) is 20.2 Å². The maximum atomic E-state index is 10.4. The van der Waals surface area contributed by atoms with E-state index in [2.05, 4.69) is 31.2 Å². The first-order valence-corrected chi connectivity index (χ1v) is 6.95. The highest BCUT2D eigenvalue weighted by Gasteiger charge is 2.24. The predicted molar refractivity (Wildman–Crippen MR) is 71.5 cm³/mol. The van der Waals surface area contributed by atoms with Gasteiger partial charge in [-0.05, 0) is 53.8 Å². The molecule has 1 aromatic heterocycles. The van der Waals surface area contributed by atoms with Gasteiger partial charge in [-0.1, -0.05) is 24.3 Å². The second-order valence-corrected chi connectivity index (χ2v) is 5.76. The molecular weight excluding hydrogens is 228 g/mol. The molecule has 3 rings (SSSR count). The number of aliphatic hydroxyl groups is 1. The molecule has 1 N–H and O–H groups in total. The average Bonchev–Trinajstić information content (AvgIpc) is 3.12. The number of benzene rings is 1. The molecule has 0 radical (unpaired) electrons. The third kappa shape index (κ3) is 2.15. The van der Waals surface area contributed by atoms with E-state index >= 15 is 0 Å². The third-order valence-corrected chi connectivity index (χ3v) is 4.50. The zero-order valence-electron chi connectivity index (χ0n) is 9.89. The van der Waals surface area contributed by atoms with E-state index < -0.39 is 6.10 Å². The summed E-state index contributed by atoms with van der Waals surface area (Å²) in [4.78, 5) is 1.07. The van der Waals surface area contributed by atoms with E-state index in [4.69, 9.17) is 0 Å². The van der Waals surface area contributed by atoms with E-state index in [0.29, 0.717) is 0 Å². The maximum absolute atomic E-state index is 10.4. The molecule has 1 aliphatic rings. The SMILES string of the molecule is Cc1ccsc1C(O)c1cccc(C2CC2)c1. The number of hydrogen-bond donors (Lipinski definition) is 1. The van der Waals surface area contributed by atoms with Crippen molar-refractivity contribution in [2.24, 2.45) is 0 Å². The van der Waals surface area contributed by atoms with Crippen LogP contribution in [0.5, 0.6) is 0 Å². The molecule has 1 heterocycles. The predicted octanol–water partition coefficient (Wildman–Crippen LogP) is 4.02. The highest BCUT2D eigenvalue weighted by atomic mass is 32.1. The number of thiophene rings is 1. The van der Waals surface area contributed by atoms with Crippen LogP contribution in [0.4, 0.5) is 0 Å². The van der Waals surface area contributed by atoms with E-state index in [1.807, 2.05) is 11.4 Å². The van der Waals surface area contributed by atoms with Crippen LogP contribution < -0.4 is 0 Å². The number of aryl methyl sites for hydroxylation is 1. The second-order valence-electron chi connectivity index (χ2n) is 4.81. The first-order chi connectivity index (χ1) is 8.25. The number of rotatable bonds is 3. The minimum absolute atomic E-state index is 0.464. The van der Waals surface area contributed by atoms with Gasteiger partial charge in [0.05, 0.1) is 0 Å². The summed E-state index contributed by atoms with van der Waals surface area (Å²) >= 11 is 1.63. The summed E-state index contributed by atoms with van der Waals surface area (Å²) in [5, 5.41) is 12.4. The van der Waals surface area contributed by atoms with Crippen molar-refractivity contribution in [3.8, 4) is 0 Å². The van der Waals surface area contributed by atoms with Gasteiger partial charge in [0.1, 0.15) is 6.10 Å². The molecule has 1 aliphatic carbocycles. The molecule has 1 fully saturated rings. The van der Waals surface area contributed by atoms with Crippen LogP contribution in [0, 0.1) is 6.92 Å². The van der Waals surface area contributed by atoms with Crippen LogP contribution >= 0.6 is 11.3 Å². The summed E-state index contributed by atoms with van der Waals surface area (Å²) in [6.07, 6.45) is 2.14. The van der Waals surface area contributed by atoms with E-state index in [1.165, 1.54) is 24.0 Å². The van der Waals surface area contributed by atoms with Crippen molar-refractivity contribution in [3.05, 3.63) is 57.3 Å². The monoisotopic (exact) mass is 244 g/mol. The lowest BCUT2D eigenvalue weighted by Gasteiger charge is -2.12. The first-order valence-electron chi connectivity index (χ1n) is 6.07. The quantitative estimate of drug-likeness (QED) is 0.864. The highest BCUT2D eigenvalue weighted by molar-refractivity contribution is 7.10. The van der Waals surface area contributed by atoms with Gasteiger partial charge in [0.15, 0.2) is 0 Å². The molecule has 1 unspecified atom stereocenters. The van der Waals surface area contributed by atoms with E-state index in [1.54, 1.807) is 11.3 Å². The Morgan fingerprint density at radius 2 is 2.12 bits per heavy atom. The van der Waals surface area contributed by atoms with Gasteiger partial charge in [0, 0.05) is 4.88 Å². The van der Waals surface area contributed by atoms with Gasteiger partial charge < -0.3 is 5.11 Å². The Hall–Kier alpha value is -1.12. The van der Waals surface area contributed by atoms with Crippen LogP contribution in [0.2, 0.25) is 0 Å². The Bertz CT molecular complexity index is 525. The van der Waals surface area contributed by atoms with Gasteiger partial charge in [-0.25, -0.2) is 0 Å². The Labute approximate surface area is 106 Å². The Balaban J connectivity index is 1.93. The molecule has 2 heteroatoms. The summed E-state index contributed by atoms with van der Waals surface area (Å²) in [6.45, 7) is 2.06. The molecular formula is C15H16OS. The van der Waals surface area contributed by atoms with Crippen molar-refractivity contribution < 1.29 is 5.11 Å². The van der Waals surface area contributed by atoms with Gasteiger partial charge >= 0.3 is 0 Å². The second kappa shape index (κ2) is 4.28. The fourth-order valence-electron chi connectivity index (χ4n) is 2.22. The van der Waals surface area contributed by atoms with Crippen molar-refractivity contribution in [1.29, 1.82) is 0 Å². The molecule has 1 aromatic carbocycles. The van der Waals surface area contributed by atoms with Gasteiger partial charge in [0.25, 0.3) is 0 Å². The van der Waals surface area contributed by atoms with Crippen molar-refractivity contribution in [2.45, 2.75) is 31.8 Å². The summed E-state index contributed by atoms with van der Waals surface area (Å²) < 4.78 is 0. The molecule has 1 nitrogen and oxygen atoms in total. The van der Waals surface area contributed by atoms with Gasteiger partial charge in [-0.2, -0.15) is 0 Å². The zero-order chi connectivity index (χ0) is 11.8. The van der Waals surface area contributed by atoms with Crippen LogP contribution in [-0.4, -0.2) is 5.11 Å². The van der Waals surface area contributed by atoms with Crippen molar-refractivity contribution in [1.82, 2.24) is 0 Å². The van der Waals surface area contributed by atoms with E-state index in [-0.39, 0.29) is 0 Å². The van der Waals surface area contributed by atoms with Crippen LogP contribution in [0.15, 0.2) is 35.7 Å². The summed E-state index contributed by atoms with van der Waals surface area (Å²) in [7, 11) is 0. The highest BCUT2D eigenvalue weighted by Crippen LogP contribution is 2.41.